The van der Waals surface area contributed by atoms with E-state index in [4.69, 9.17) is 4.74 Å². The monoisotopic (exact) mass is 327 g/mol. The van der Waals surface area contributed by atoms with E-state index in [1.807, 2.05) is 0 Å². The molecule has 1 aliphatic heterocycles. The van der Waals surface area contributed by atoms with Crippen molar-refractivity contribution in [1.82, 2.24) is 4.90 Å². The molecule has 126 valence electrons. The fraction of sp³-hybridized carbons (Fsp3) is 0.882. The van der Waals surface area contributed by atoms with Crippen LogP contribution in [-0.2, 0) is 14.3 Å². The molecular weight excluding hydrogens is 298 g/mol. The van der Waals surface area contributed by atoms with Crippen LogP contribution in [0, 0.1) is 11.3 Å². The number of rotatable bonds is 5. The van der Waals surface area contributed by atoms with Crippen LogP contribution in [0.25, 0.3) is 0 Å². The Kier molecular flexibility index (Phi) is 5.81. The van der Waals surface area contributed by atoms with Gasteiger partial charge in [-0.2, -0.15) is 0 Å². The lowest BCUT2D eigenvalue weighted by molar-refractivity contribution is -0.150. The van der Waals surface area contributed by atoms with E-state index in [-0.39, 0.29) is 22.0 Å². The van der Waals surface area contributed by atoms with Gasteiger partial charge in [-0.3, -0.25) is 4.79 Å². The second-order valence-corrected chi connectivity index (χ2v) is 8.97. The van der Waals surface area contributed by atoms with Gasteiger partial charge in [0.05, 0.1) is 12.5 Å². The average Bonchev–Trinajstić information content (AvgIpc) is 3.10. The molecule has 1 aliphatic carbocycles. The van der Waals surface area contributed by atoms with Crippen LogP contribution >= 0.6 is 11.8 Å². The number of carbonyl (C=O) groups excluding carboxylic acids is 2. The number of hydrogen-bond donors (Lipinski definition) is 0. The maximum Gasteiger partial charge on any atom is 0.329 e. The lowest BCUT2D eigenvalue weighted by atomic mass is 9.94. The Morgan fingerprint density at radius 3 is 2.41 bits per heavy atom. The second-order valence-electron chi connectivity index (χ2n) is 7.64. The Morgan fingerprint density at radius 1 is 1.27 bits per heavy atom. The molecule has 1 amide bonds. The van der Waals surface area contributed by atoms with Gasteiger partial charge in [-0.25, -0.2) is 4.79 Å². The van der Waals surface area contributed by atoms with E-state index in [9.17, 15) is 9.59 Å². The van der Waals surface area contributed by atoms with Gasteiger partial charge in [-0.05, 0) is 24.2 Å². The van der Waals surface area contributed by atoms with Crippen LogP contribution in [0.4, 0.5) is 0 Å². The zero-order chi connectivity index (χ0) is 16.3. The van der Waals surface area contributed by atoms with Crippen molar-refractivity contribution in [2.45, 2.75) is 76.0 Å². The number of ether oxygens (including phenoxy) is 1. The molecule has 0 aromatic rings. The predicted molar refractivity (Wildman–Crippen MR) is 89.5 cm³/mol. The van der Waals surface area contributed by atoms with Gasteiger partial charge in [-0.1, -0.05) is 46.5 Å². The zero-order valence-corrected chi connectivity index (χ0v) is 15.0. The summed E-state index contributed by atoms with van der Waals surface area (Å²) in [6, 6.07) is -0.432. The number of amides is 1. The van der Waals surface area contributed by atoms with Crippen molar-refractivity contribution in [3.05, 3.63) is 0 Å². The minimum atomic E-state index is -0.432. The van der Waals surface area contributed by atoms with E-state index in [0.29, 0.717) is 0 Å². The van der Waals surface area contributed by atoms with E-state index in [2.05, 4.69) is 20.8 Å². The van der Waals surface area contributed by atoms with E-state index >= 15 is 0 Å². The van der Waals surface area contributed by atoms with Gasteiger partial charge in [0.15, 0.2) is 0 Å². The first kappa shape index (κ1) is 17.6. The Morgan fingerprint density at radius 2 is 1.91 bits per heavy atom. The molecule has 0 N–H and O–H groups in total. The molecule has 5 heteroatoms. The summed E-state index contributed by atoms with van der Waals surface area (Å²) < 4.78 is 4.98. The van der Waals surface area contributed by atoms with E-state index in [1.165, 1.54) is 32.8 Å². The Labute approximate surface area is 138 Å². The van der Waals surface area contributed by atoms with Gasteiger partial charge in [0.25, 0.3) is 0 Å². The molecule has 1 saturated heterocycles. The second kappa shape index (κ2) is 7.24. The van der Waals surface area contributed by atoms with Crippen molar-refractivity contribution in [2.75, 3.05) is 7.11 Å². The summed E-state index contributed by atoms with van der Waals surface area (Å²) in [5.74, 6) is 0.528. The predicted octanol–water partition coefficient (Wildman–Crippen LogP) is 3.44. The number of nitrogens with zero attached hydrogens (tertiary/aromatic N) is 1. The highest BCUT2D eigenvalue weighted by atomic mass is 32.2. The number of thioether (sulfide) groups is 1. The summed E-state index contributed by atoms with van der Waals surface area (Å²) in [5.41, 5.74) is -0.0556. The number of hydrogen-bond acceptors (Lipinski definition) is 4. The molecule has 3 atom stereocenters. The van der Waals surface area contributed by atoms with Gasteiger partial charge in [0, 0.05) is 5.25 Å². The van der Waals surface area contributed by atoms with Crippen LogP contribution < -0.4 is 0 Å². The van der Waals surface area contributed by atoms with Crippen molar-refractivity contribution in [1.29, 1.82) is 0 Å². The van der Waals surface area contributed by atoms with Gasteiger partial charge >= 0.3 is 5.97 Å². The third kappa shape index (κ3) is 3.79. The summed E-state index contributed by atoms with van der Waals surface area (Å²) >= 11 is 1.78. The van der Waals surface area contributed by atoms with Gasteiger partial charge in [0.1, 0.15) is 6.04 Å². The van der Waals surface area contributed by atoms with Gasteiger partial charge in [0.2, 0.25) is 6.41 Å². The van der Waals surface area contributed by atoms with Gasteiger partial charge in [-0.15, -0.1) is 11.8 Å². The topological polar surface area (TPSA) is 46.6 Å². The maximum atomic E-state index is 12.2. The highest BCUT2D eigenvalue weighted by Gasteiger charge is 2.49. The molecule has 0 aromatic heterocycles. The van der Waals surface area contributed by atoms with E-state index in [1.54, 1.807) is 16.7 Å². The lowest BCUT2D eigenvalue weighted by Crippen LogP contribution is -2.47. The Bertz CT molecular complexity index is 401. The summed E-state index contributed by atoms with van der Waals surface area (Å²) in [6.45, 7) is 6.36. The largest absolute Gasteiger partial charge is 0.467 e. The average molecular weight is 327 g/mol. The van der Waals surface area contributed by atoms with Gasteiger partial charge < -0.3 is 9.64 Å². The number of carbonyl (C=O) groups is 2. The van der Waals surface area contributed by atoms with Crippen molar-refractivity contribution in [3.63, 3.8) is 0 Å². The zero-order valence-electron chi connectivity index (χ0n) is 14.2. The van der Waals surface area contributed by atoms with Crippen LogP contribution in [0.15, 0.2) is 0 Å². The summed E-state index contributed by atoms with van der Waals surface area (Å²) in [4.78, 5) is 25.5. The van der Waals surface area contributed by atoms with E-state index < -0.39 is 6.04 Å². The number of esters is 1. The van der Waals surface area contributed by atoms with Crippen molar-refractivity contribution in [2.24, 2.45) is 11.3 Å². The summed E-state index contributed by atoms with van der Waals surface area (Å²) in [7, 11) is 1.41. The van der Waals surface area contributed by atoms with Crippen molar-refractivity contribution in [3.8, 4) is 0 Å². The molecule has 0 bridgehead atoms. The minimum absolute atomic E-state index is 0.0303. The summed E-state index contributed by atoms with van der Waals surface area (Å²) in [5, 5.41) is 0.185. The maximum absolute atomic E-state index is 12.2. The molecule has 0 radical (unpaired) electrons. The fourth-order valence-corrected chi connectivity index (χ4v) is 5.47. The highest BCUT2D eigenvalue weighted by molar-refractivity contribution is 8.00. The first-order valence-corrected chi connectivity index (χ1v) is 9.28. The quantitative estimate of drug-likeness (QED) is 0.573. The highest BCUT2D eigenvalue weighted by Crippen LogP contribution is 2.46. The number of methoxy groups -OCH3 is 1. The molecule has 2 fully saturated rings. The molecule has 2 rings (SSSR count). The smallest absolute Gasteiger partial charge is 0.329 e. The molecule has 2 aliphatic rings. The molecule has 1 saturated carbocycles. The third-order valence-corrected chi connectivity index (χ3v) is 6.94. The van der Waals surface area contributed by atoms with Crippen LogP contribution in [0.5, 0.6) is 0 Å². The standard InChI is InChI=1S/C17H29NO3S/c1-17(2,3)16-18(11-19)14(15(20)21-4)13(22-16)10-9-12-7-5-6-8-12/h11-14,16H,5-10H2,1-4H3/t13-,14+,16-/m1/s1. The molecule has 1 heterocycles. The van der Waals surface area contributed by atoms with Crippen LogP contribution in [0.1, 0.15) is 59.3 Å². The minimum Gasteiger partial charge on any atom is -0.467 e. The van der Waals surface area contributed by atoms with Crippen molar-refractivity contribution >= 4 is 24.1 Å². The normalized spacial score (nSPS) is 29.8. The first-order valence-electron chi connectivity index (χ1n) is 8.34. The molecule has 0 unspecified atom stereocenters. The first-order chi connectivity index (χ1) is 10.4. The lowest BCUT2D eigenvalue weighted by Gasteiger charge is -2.33. The summed E-state index contributed by atoms with van der Waals surface area (Å²) in [6.07, 6.45) is 8.31. The Balaban J connectivity index is 2.10. The van der Waals surface area contributed by atoms with Crippen LogP contribution in [-0.4, -0.2) is 41.1 Å². The molecular formula is C17H29NO3S. The SMILES string of the molecule is COC(=O)[C@@H]1[C@@H](CCC2CCCC2)S[C@H](C(C)(C)C)N1C=O. The van der Waals surface area contributed by atoms with E-state index in [0.717, 1.165) is 25.2 Å². The molecule has 22 heavy (non-hydrogen) atoms. The Hall–Kier alpha value is -0.710. The third-order valence-electron chi connectivity index (χ3n) is 4.89. The fourth-order valence-electron chi connectivity index (χ4n) is 3.74. The van der Waals surface area contributed by atoms with Crippen LogP contribution in [0.2, 0.25) is 0 Å². The van der Waals surface area contributed by atoms with Crippen LogP contribution in [0.3, 0.4) is 0 Å². The molecule has 4 nitrogen and oxygen atoms in total. The van der Waals surface area contributed by atoms with Crippen molar-refractivity contribution < 1.29 is 14.3 Å². The molecule has 0 spiro atoms. The molecule has 0 aromatic carbocycles.